The summed E-state index contributed by atoms with van der Waals surface area (Å²) in [6, 6.07) is 6.49. The molecular formula is C8H8NaO2+. The van der Waals surface area contributed by atoms with Gasteiger partial charge in [0.2, 0.25) is 0 Å². The number of aromatic hydroxyl groups is 1. The normalized spacial score (nSPS) is 8.45. The Hall–Kier alpha value is -0.310. The number of para-hydroxylation sites is 1. The van der Waals surface area contributed by atoms with E-state index in [2.05, 4.69) is 0 Å². The molecule has 0 saturated carbocycles. The van der Waals surface area contributed by atoms with Gasteiger partial charge in [-0.3, -0.25) is 4.79 Å². The number of rotatable bonds is 1. The van der Waals surface area contributed by atoms with Crippen LogP contribution in [0, 0.1) is 0 Å². The molecule has 1 N–H and O–H groups in total. The van der Waals surface area contributed by atoms with E-state index in [4.69, 9.17) is 5.11 Å². The third-order valence-electron chi connectivity index (χ3n) is 1.28. The minimum absolute atomic E-state index is 0. The molecule has 0 amide bonds. The monoisotopic (exact) mass is 159 g/mol. The molecule has 0 atom stereocenters. The summed E-state index contributed by atoms with van der Waals surface area (Å²) in [5.41, 5.74) is 0.377. The molecule has 0 bridgehead atoms. The van der Waals surface area contributed by atoms with Gasteiger partial charge in [0, 0.05) is 0 Å². The molecule has 0 unspecified atom stereocenters. The third kappa shape index (κ3) is 2.66. The van der Waals surface area contributed by atoms with Gasteiger partial charge in [0.05, 0.1) is 5.56 Å². The SMILES string of the molecule is CC(=O)c1ccccc1O.[Na+]. The predicted molar refractivity (Wildman–Crippen MR) is 38.1 cm³/mol. The Morgan fingerprint density at radius 3 is 2.27 bits per heavy atom. The zero-order valence-electron chi connectivity index (χ0n) is 6.66. The van der Waals surface area contributed by atoms with E-state index in [1.165, 1.54) is 13.0 Å². The Bertz CT molecular complexity index is 258. The molecule has 0 fully saturated rings. The number of ketones is 1. The molecule has 1 aromatic carbocycles. The molecule has 3 heteroatoms. The van der Waals surface area contributed by atoms with Gasteiger partial charge < -0.3 is 5.11 Å². The second kappa shape index (κ2) is 4.54. The Morgan fingerprint density at radius 2 is 1.91 bits per heavy atom. The average Bonchev–Trinajstić information content (AvgIpc) is 1.88. The van der Waals surface area contributed by atoms with Crippen molar-refractivity contribution in [1.82, 2.24) is 0 Å². The molecule has 0 aliphatic carbocycles. The first-order valence-corrected chi connectivity index (χ1v) is 3.01. The smallest absolute Gasteiger partial charge is 0.507 e. The quantitative estimate of drug-likeness (QED) is 0.404. The van der Waals surface area contributed by atoms with E-state index in [0.29, 0.717) is 5.56 Å². The van der Waals surface area contributed by atoms with Crippen LogP contribution >= 0.6 is 0 Å². The van der Waals surface area contributed by atoms with Crippen LogP contribution in [0.4, 0.5) is 0 Å². The van der Waals surface area contributed by atoms with Crippen LogP contribution in [-0.4, -0.2) is 10.9 Å². The van der Waals surface area contributed by atoms with Crippen LogP contribution in [0.2, 0.25) is 0 Å². The largest absolute Gasteiger partial charge is 1.00 e. The fraction of sp³-hybridized carbons (Fsp3) is 0.125. The zero-order valence-corrected chi connectivity index (χ0v) is 8.66. The Balaban J connectivity index is 0.000001000. The molecular weight excluding hydrogens is 151 g/mol. The van der Waals surface area contributed by atoms with Crippen LogP contribution in [0.25, 0.3) is 0 Å². The maximum Gasteiger partial charge on any atom is 1.00 e. The molecule has 1 rings (SSSR count). The maximum absolute atomic E-state index is 10.7. The van der Waals surface area contributed by atoms with Crippen LogP contribution in [0.3, 0.4) is 0 Å². The van der Waals surface area contributed by atoms with Gasteiger partial charge in [0.15, 0.2) is 5.78 Å². The van der Waals surface area contributed by atoms with Crippen molar-refractivity contribution in [3.8, 4) is 5.75 Å². The van der Waals surface area contributed by atoms with Gasteiger partial charge in [-0.25, -0.2) is 0 Å². The van der Waals surface area contributed by atoms with E-state index in [-0.39, 0.29) is 41.1 Å². The summed E-state index contributed by atoms with van der Waals surface area (Å²) >= 11 is 0. The van der Waals surface area contributed by atoms with Crippen LogP contribution in [0.15, 0.2) is 24.3 Å². The summed E-state index contributed by atoms with van der Waals surface area (Å²) in [6.07, 6.45) is 0. The number of carbonyl (C=O) groups excluding carboxylic acids is 1. The van der Waals surface area contributed by atoms with Crippen molar-refractivity contribution in [2.45, 2.75) is 6.92 Å². The molecule has 0 aromatic heterocycles. The molecule has 0 radical (unpaired) electrons. The average molecular weight is 159 g/mol. The number of hydrogen-bond donors (Lipinski definition) is 1. The summed E-state index contributed by atoms with van der Waals surface area (Å²) in [5, 5.41) is 9.06. The first-order valence-electron chi connectivity index (χ1n) is 3.01. The molecule has 0 spiro atoms. The van der Waals surface area contributed by atoms with Gasteiger partial charge in [0.1, 0.15) is 5.75 Å². The summed E-state index contributed by atoms with van der Waals surface area (Å²) in [5.74, 6) is -0.0619. The number of carbonyl (C=O) groups is 1. The number of phenols is 1. The Labute approximate surface area is 87.5 Å². The van der Waals surface area contributed by atoms with Gasteiger partial charge in [-0.15, -0.1) is 0 Å². The summed E-state index contributed by atoms with van der Waals surface area (Å²) < 4.78 is 0. The second-order valence-electron chi connectivity index (χ2n) is 2.07. The minimum atomic E-state index is -0.113. The van der Waals surface area contributed by atoms with Crippen LogP contribution < -0.4 is 29.6 Å². The van der Waals surface area contributed by atoms with Gasteiger partial charge in [-0.2, -0.15) is 0 Å². The molecule has 1 aromatic rings. The zero-order chi connectivity index (χ0) is 7.56. The molecule has 0 heterocycles. The van der Waals surface area contributed by atoms with E-state index < -0.39 is 0 Å². The minimum Gasteiger partial charge on any atom is -0.507 e. The van der Waals surface area contributed by atoms with E-state index >= 15 is 0 Å². The number of phenolic OH excluding ortho intramolecular Hbond substituents is 1. The number of hydrogen-bond acceptors (Lipinski definition) is 2. The summed E-state index contributed by atoms with van der Waals surface area (Å²) in [6.45, 7) is 1.43. The number of benzene rings is 1. The summed E-state index contributed by atoms with van der Waals surface area (Å²) in [7, 11) is 0. The van der Waals surface area contributed by atoms with Crippen LogP contribution in [0.1, 0.15) is 17.3 Å². The van der Waals surface area contributed by atoms with Gasteiger partial charge in [-0.1, -0.05) is 12.1 Å². The summed E-state index contributed by atoms with van der Waals surface area (Å²) in [4.78, 5) is 10.7. The predicted octanol–water partition coefficient (Wildman–Crippen LogP) is -1.40. The molecule has 2 nitrogen and oxygen atoms in total. The van der Waals surface area contributed by atoms with Crippen molar-refractivity contribution < 1.29 is 39.5 Å². The van der Waals surface area contributed by atoms with E-state index in [0.717, 1.165) is 0 Å². The van der Waals surface area contributed by atoms with Gasteiger partial charge >= 0.3 is 29.6 Å². The molecule has 0 saturated heterocycles. The van der Waals surface area contributed by atoms with Crippen molar-refractivity contribution in [1.29, 1.82) is 0 Å². The van der Waals surface area contributed by atoms with Crippen LogP contribution in [-0.2, 0) is 0 Å². The first kappa shape index (κ1) is 10.7. The standard InChI is InChI=1S/C8H8O2.Na/c1-6(9)7-4-2-3-5-8(7)10;/h2-5,10H,1H3;/q;+1. The van der Waals surface area contributed by atoms with Gasteiger partial charge in [0.25, 0.3) is 0 Å². The van der Waals surface area contributed by atoms with E-state index in [9.17, 15) is 4.79 Å². The van der Waals surface area contributed by atoms with E-state index in [1.807, 2.05) is 0 Å². The van der Waals surface area contributed by atoms with Crippen molar-refractivity contribution in [2.75, 3.05) is 0 Å². The molecule has 0 aliphatic rings. The van der Waals surface area contributed by atoms with Crippen molar-refractivity contribution >= 4 is 5.78 Å². The fourth-order valence-corrected chi connectivity index (χ4v) is 0.771. The fourth-order valence-electron chi connectivity index (χ4n) is 0.771. The Kier molecular flexibility index (Phi) is 4.42. The first-order chi connectivity index (χ1) is 4.72. The topological polar surface area (TPSA) is 37.3 Å². The van der Waals surface area contributed by atoms with Crippen molar-refractivity contribution in [2.24, 2.45) is 0 Å². The van der Waals surface area contributed by atoms with Gasteiger partial charge in [-0.05, 0) is 19.1 Å². The van der Waals surface area contributed by atoms with Crippen molar-refractivity contribution in [3.05, 3.63) is 29.8 Å². The number of Topliss-reactive ketones (excluding diaryl/α,β-unsaturated/α-hetero) is 1. The van der Waals surface area contributed by atoms with Crippen molar-refractivity contribution in [3.63, 3.8) is 0 Å². The van der Waals surface area contributed by atoms with E-state index in [1.54, 1.807) is 18.2 Å². The molecule has 11 heavy (non-hydrogen) atoms. The molecule has 52 valence electrons. The third-order valence-corrected chi connectivity index (χ3v) is 1.28. The maximum atomic E-state index is 10.7. The second-order valence-corrected chi connectivity index (χ2v) is 2.07. The van der Waals surface area contributed by atoms with Crippen LogP contribution in [0.5, 0.6) is 5.75 Å². The molecule has 0 aliphatic heterocycles. The Morgan fingerprint density at radius 1 is 1.36 bits per heavy atom.